The highest BCUT2D eigenvalue weighted by Gasteiger charge is 2.27. The molecule has 11 nitrogen and oxygen atoms in total. The maximum atomic E-state index is 14.1. The van der Waals surface area contributed by atoms with Crippen molar-refractivity contribution >= 4 is 33.9 Å². The fraction of sp³-hybridized carbons (Fsp3) is 0.367. The van der Waals surface area contributed by atoms with Gasteiger partial charge in [0.2, 0.25) is 5.95 Å². The summed E-state index contributed by atoms with van der Waals surface area (Å²) in [6.07, 6.45) is 7.47. The molecule has 41 heavy (non-hydrogen) atoms. The molecular formula is C30H31N7O4. The number of nitrogens with zero attached hydrogens (tertiary/aromatic N) is 6. The summed E-state index contributed by atoms with van der Waals surface area (Å²) in [7, 11) is 0. The molecule has 1 aliphatic rings. The Bertz CT molecular complexity index is 1870. The van der Waals surface area contributed by atoms with Gasteiger partial charge < -0.3 is 15.4 Å². The number of nitrogens with two attached hydrogens (primary N) is 1. The van der Waals surface area contributed by atoms with E-state index in [4.69, 9.17) is 21.9 Å². The highest BCUT2D eigenvalue weighted by Crippen LogP contribution is 2.24. The van der Waals surface area contributed by atoms with E-state index >= 15 is 0 Å². The van der Waals surface area contributed by atoms with Gasteiger partial charge in [0.1, 0.15) is 12.2 Å². The van der Waals surface area contributed by atoms with E-state index in [2.05, 4.69) is 22.7 Å². The lowest BCUT2D eigenvalue weighted by Gasteiger charge is -2.31. The van der Waals surface area contributed by atoms with Gasteiger partial charge in [-0.25, -0.2) is 9.78 Å². The first-order valence-corrected chi connectivity index (χ1v) is 13.5. The molecule has 4 aromatic rings. The topological polar surface area (TPSA) is 130 Å². The second-order valence-electron chi connectivity index (χ2n) is 9.84. The highest BCUT2D eigenvalue weighted by molar-refractivity contribution is 5.87. The van der Waals surface area contributed by atoms with Crippen LogP contribution in [-0.2, 0) is 29.2 Å². The number of esters is 1. The number of hydrogen-bond acceptors (Lipinski definition) is 8. The Morgan fingerprint density at radius 1 is 1.20 bits per heavy atom. The number of rotatable bonds is 7. The number of fused-ring (bicyclic) bond motifs is 2. The van der Waals surface area contributed by atoms with Crippen LogP contribution in [-0.4, -0.2) is 55.4 Å². The van der Waals surface area contributed by atoms with Gasteiger partial charge in [-0.05, 0) is 44.1 Å². The number of aromatic nitrogens is 5. The molecule has 3 aromatic heterocycles. The number of carbonyl (C=O) groups excluding carboxylic acids is 1. The molecule has 0 radical (unpaired) electrons. The standard InChI is InChI=1S/C30H31N7O4/c1-4-7-15-35-26-27(33-29(35)34-14-10-12-21(31)17-34)36(19-25(38)41-6-3)30(40)37(28(26)39)18-22-16-20-11-8-9-13-23(20)24(5-2)32-22/h2,8-9,11,13,16,21H,6,10,12,14-15,17-19,31H2,1,3H3. The van der Waals surface area contributed by atoms with Crippen LogP contribution < -0.4 is 21.9 Å². The van der Waals surface area contributed by atoms with Crippen molar-refractivity contribution in [2.24, 2.45) is 5.73 Å². The van der Waals surface area contributed by atoms with Gasteiger partial charge in [0.15, 0.2) is 11.2 Å². The van der Waals surface area contributed by atoms with Crippen molar-refractivity contribution in [3.8, 4) is 24.2 Å². The van der Waals surface area contributed by atoms with Crippen LogP contribution in [0.15, 0.2) is 39.9 Å². The number of hydrogen-bond donors (Lipinski definition) is 1. The van der Waals surface area contributed by atoms with Crippen molar-refractivity contribution in [2.75, 3.05) is 24.6 Å². The number of piperidine rings is 1. The SMILES string of the molecule is C#Cc1nc(Cn2c(=O)c3c(nc(N4CCCC(N)C4)n3CC#CC)n(CC(=O)OCC)c2=O)cc2ccccc12. The van der Waals surface area contributed by atoms with Crippen molar-refractivity contribution in [3.05, 3.63) is 62.6 Å². The lowest BCUT2D eigenvalue weighted by Crippen LogP contribution is -2.44. The Hall–Kier alpha value is -4.87. The first-order valence-electron chi connectivity index (χ1n) is 13.5. The van der Waals surface area contributed by atoms with Crippen LogP contribution in [0.5, 0.6) is 0 Å². The second kappa shape index (κ2) is 11.7. The minimum atomic E-state index is -0.708. The maximum absolute atomic E-state index is 14.1. The number of ether oxygens (including phenoxy) is 1. The minimum Gasteiger partial charge on any atom is -0.465 e. The Morgan fingerprint density at radius 2 is 2.00 bits per heavy atom. The number of anilines is 1. The fourth-order valence-electron chi connectivity index (χ4n) is 5.24. The normalized spacial score (nSPS) is 15.0. The van der Waals surface area contributed by atoms with Crippen molar-refractivity contribution in [3.63, 3.8) is 0 Å². The zero-order chi connectivity index (χ0) is 29.1. The zero-order valence-corrected chi connectivity index (χ0v) is 23.1. The predicted molar refractivity (Wildman–Crippen MR) is 157 cm³/mol. The Kier molecular flexibility index (Phi) is 7.90. The summed E-state index contributed by atoms with van der Waals surface area (Å²) in [5.74, 6) is 8.33. The van der Waals surface area contributed by atoms with Gasteiger partial charge in [0, 0.05) is 24.5 Å². The molecule has 1 fully saturated rings. The van der Waals surface area contributed by atoms with Crippen LogP contribution in [0.4, 0.5) is 5.95 Å². The van der Waals surface area contributed by atoms with Gasteiger partial charge in [-0.2, -0.15) is 4.98 Å². The number of imidazole rings is 1. The second-order valence-corrected chi connectivity index (χ2v) is 9.84. The number of pyridine rings is 1. The van der Waals surface area contributed by atoms with Crippen LogP contribution in [0, 0.1) is 24.2 Å². The molecule has 2 N–H and O–H groups in total. The summed E-state index contributed by atoms with van der Waals surface area (Å²) in [4.78, 5) is 51.9. The molecule has 1 aromatic carbocycles. The van der Waals surface area contributed by atoms with Crippen molar-refractivity contribution in [2.45, 2.75) is 52.4 Å². The molecular weight excluding hydrogens is 522 g/mol. The van der Waals surface area contributed by atoms with E-state index in [1.165, 1.54) is 4.57 Å². The number of benzene rings is 1. The van der Waals surface area contributed by atoms with Crippen molar-refractivity contribution in [1.29, 1.82) is 0 Å². The molecule has 1 unspecified atom stereocenters. The third-order valence-corrected chi connectivity index (χ3v) is 7.09. The smallest absolute Gasteiger partial charge is 0.333 e. The molecule has 11 heteroatoms. The summed E-state index contributed by atoms with van der Waals surface area (Å²) >= 11 is 0. The average Bonchev–Trinajstić information content (AvgIpc) is 3.35. The number of terminal acetylenes is 1. The lowest BCUT2D eigenvalue weighted by atomic mass is 10.1. The largest absolute Gasteiger partial charge is 0.465 e. The summed E-state index contributed by atoms with van der Waals surface area (Å²) in [5.41, 5.74) is 6.06. The summed E-state index contributed by atoms with van der Waals surface area (Å²) in [6.45, 7) is 4.34. The summed E-state index contributed by atoms with van der Waals surface area (Å²) in [6, 6.07) is 9.23. The van der Waals surface area contributed by atoms with Crippen LogP contribution in [0.1, 0.15) is 38.1 Å². The van der Waals surface area contributed by atoms with Crippen LogP contribution in [0.25, 0.3) is 21.9 Å². The van der Waals surface area contributed by atoms with E-state index in [9.17, 15) is 14.4 Å². The maximum Gasteiger partial charge on any atom is 0.333 e. The molecule has 1 atom stereocenters. The van der Waals surface area contributed by atoms with Crippen molar-refractivity contribution < 1.29 is 9.53 Å². The molecule has 4 heterocycles. The molecule has 0 aliphatic carbocycles. The van der Waals surface area contributed by atoms with Crippen LogP contribution >= 0.6 is 0 Å². The monoisotopic (exact) mass is 553 g/mol. The lowest BCUT2D eigenvalue weighted by molar-refractivity contribution is -0.143. The molecule has 0 amide bonds. The molecule has 5 rings (SSSR count). The van der Waals surface area contributed by atoms with Crippen molar-refractivity contribution in [1.82, 2.24) is 23.7 Å². The molecule has 210 valence electrons. The van der Waals surface area contributed by atoms with E-state index in [1.54, 1.807) is 24.5 Å². The van der Waals surface area contributed by atoms with Gasteiger partial charge in [-0.15, -0.1) is 12.3 Å². The van der Waals surface area contributed by atoms with E-state index in [1.807, 2.05) is 29.2 Å². The molecule has 1 aliphatic heterocycles. The zero-order valence-electron chi connectivity index (χ0n) is 23.1. The quantitative estimate of drug-likeness (QED) is 0.269. The Labute approximate surface area is 236 Å². The van der Waals surface area contributed by atoms with E-state index in [-0.39, 0.29) is 36.9 Å². The highest BCUT2D eigenvalue weighted by atomic mass is 16.5. The third-order valence-electron chi connectivity index (χ3n) is 7.09. The molecule has 1 saturated heterocycles. The first-order chi connectivity index (χ1) is 19.9. The van der Waals surface area contributed by atoms with E-state index in [0.717, 1.165) is 28.2 Å². The van der Waals surface area contributed by atoms with Gasteiger partial charge in [-0.1, -0.05) is 30.2 Å². The Balaban J connectivity index is 1.76. The van der Waals surface area contributed by atoms with Crippen LogP contribution in [0.2, 0.25) is 0 Å². The predicted octanol–water partition coefficient (Wildman–Crippen LogP) is 1.45. The molecule has 0 spiro atoms. The van der Waals surface area contributed by atoms with Gasteiger partial charge >= 0.3 is 11.7 Å². The van der Waals surface area contributed by atoms with Gasteiger partial charge in [0.05, 0.1) is 25.4 Å². The average molecular weight is 554 g/mol. The molecule has 0 bridgehead atoms. The van der Waals surface area contributed by atoms with Crippen LogP contribution in [0.3, 0.4) is 0 Å². The minimum absolute atomic E-state index is 0.0583. The van der Waals surface area contributed by atoms with Gasteiger partial charge in [-0.3, -0.25) is 23.3 Å². The summed E-state index contributed by atoms with van der Waals surface area (Å²) < 4.78 is 9.08. The Morgan fingerprint density at radius 3 is 2.73 bits per heavy atom. The fourth-order valence-corrected chi connectivity index (χ4v) is 5.24. The van der Waals surface area contributed by atoms with E-state index in [0.29, 0.717) is 30.4 Å². The number of carbonyl (C=O) groups is 1. The summed E-state index contributed by atoms with van der Waals surface area (Å²) in [5, 5.41) is 1.63. The van der Waals surface area contributed by atoms with Gasteiger partial charge in [0.25, 0.3) is 5.56 Å². The third kappa shape index (κ3) is 5.32. The first kappa shape index (κ1) is 27.7. The van der Waals surface area contributed by atoms with E-state index < -0.39 is 23.8 Å². The molecule has 0 saturated carbocycles.